The lowest BCUT2D eigenvalue weighted by atomic mass is 9.98. The smallest absolute Gasteiger partial charge is 0.196 e. The van der Waals surface area contributed by atoms with Gasteiger partial charge in [-0.05, 0) is 60.2 Å². The Bertz CT molecular complexity index is 1420. The van der Waals surface area contributed by atoms with Crippen molar-refractivity contribution >= 4 is 40.0 Å². The molecule has 35 heavy (non-hydrogen) atoms. The molecule has 176 valence electrons. The third-order valence-electron chi connectivity index (χ3n) is 6.04. The van der Waals surface area contributed by atoms with Crippen LogP contribution in [-0.2, 0) is 6.42 Å². The summed E-state index contributed by atoms with van der Waals surface area (Å²) in [6.45, 7) is 3.41. The predicted octanol–water partition coefficient (Wildman–Crippen LogP) is 4.49. The third-order valence-corrected chi connectivity index (χ3v) is 6.29. The molecule has 1 saturated heterocycles. The Labute approximate surface area is 206 Å². The van der Waals surface area contributed by atoms with Gasteiger partial charge in [0.25, 0.3) is 0 Å². The minimum absolute atomic E-state index is 0.0212. The van der Waals surface area contributed by atoms with Crippen LogP contribution in [-0.4, -0.2) is 47.7 Å². The van der Waals surface area contributed by atoms with E-state index in [2.05, 4.69) is 20.2 Å². The SMILES string of the molecule is O=C(Cc1ccc(C(=O)c2ccc3ncc(N4CCNCC4)nc3c2)c(F)c1)c1ccc(Cl)cc1. The Morgan fingerprint density at radius 3 is 2.43 bits per heavy atom. The zero-order valence-corrected chi connectivity index (χ0v) is 19.6. The molecule has 3 aromatic carbocycles. The van der Waals surface area contributed by atoms with Crippen molar-refractivity contribution in [2.75, 3.05) is 31.1 Å². The van der Waals surface area contributed by atoms with Crippen LogP contribution in [0.3, 0.4) is 0 Å². The van der Waals surface area contributed by atoms with Gasteiger partial charge in [-0.3, -0.25) is 14.6 Å². The molecule has 0 bridgehead atoms. The van der Waals surface area contributed by atoms with E-state index in [9.17, 15) is 14.0 Å². The number of halogens is 2. The molecule has 1 fully saturated rings. The van der Waals surface area contributed by atoms with Gasteiger partial charge < -0.3 is 10.2 Å². The first-order valence-corrected chi connectivity index (χ1v) is 11.7. The van der Waals surface area contributed by atoms with E-state index in [-0.39, 0.29) is 17.8 Å². The van der Waals surface area contributed by atoms with Crippen molar-refractivity contribution in [1.29, 1.82) is 0 Å². The summed E-state index contributed by atoms with van der Waals surface area (Å²) in [7, 11) is 0. The van der Waals surface area contributed by atoms with E-state index in [1.54, 1.807) is 54.7 Å². The molecule has 1 aromatic heterocycles. The van der Waals surface area contributed by atoms with Crippen LogP contribution in [0.25, 0.3) is 11.0 Å². The van der Waals surface area contributed by atoms with Crippen LogP contribution in [0.5, 0.6) is 0 Å². The van der Waals surface area contributed by atoms with Gasteiger partial charge in [-0.1, -0.05) is 17.7 Å². The average molecular weight is 489 g/mol. The molecule has 4 aromatic rings. The molecule has 1 N–H and O–H groups in total. The average Bonchev–Trinajstić information content (AvgIpc) is 2.88. The minimum atomic E-state index is -0.669. The normalized spacial score (nSPS) is 13.7. The standard InChI is InChI=1S/C27H22ClFN4O2/c28-20-5-2-18(3-6-20)25(34)14-17-1-7-21(22(29)13-17)27(35)19-4-8-23-24(15-19)32-26(16-31-23)33-11-9-30-10-12-33/h1-8,13,15-16,30H,9-12,14H2. The van der Waals surface area contributed by atoms with Crippen molar-refractivity contribution in [3.8, 4) is 0 Å². The highest BCUT2D eigenvalue weighted by Crippen LogP contribution is 2.21. The fourth-order valence-electron chi connectivity index (χ4n) is 4.12. The summed E-state index contributed by atoms with van der Waals surface area (Å²) in [5.41, 5.74) is 2.50. The molecular formula is C27H22ClFN4O2. The van der Waals surface area contributed by atoms with Gasteiger partial charge in [-0.15, -0.1) is 0 Å². The van der Waals surface area contributed by atoms with Gasteiger partial charge in [0.15, 0.2) is 11.6 Å². The lowest BCUT2D eigenvalue weighted by Gasteiger charge is -2.28. The van der Waals surface area contributed by atoms with E-state index in [4.69, 9.17) is 11.6 Å². The van der Waals surface area contributed by atoms with Crippen molar-refractivity contribution in [3.63, 3.8) is 0 Å². The highest BCUT2D eigenvalue weighted by Gasteiger charge is 2.18. The van der Waals surface area contributed by atoms with Crippen LogP contribution in [0.4, 0.5) is 10.2 Å². The number of hydrogen-bond acceptors (Lipinski definition) is 6. The van der Waals surface area contributed by atoms with E-state index in [0.717, 1.165) is 32.0 Å². The van der Waals surface area contributed by atoms with Gasteiger partial charge >= 0.3 is 0 Å². The molecule has 0 aliphatic carbocycles. The lowest BCUT2D eigenvalue weighted by molar-refractivity contribution is 0.0992. The second-order valence-electron chi connectivity index (χ2n) is 8.42. The van der Waals surface area contributed by atoms with E-state index in [1.807, 2.05) is 0 Å². The Kier molecular flexibility index (Phi) is 6.53. The first-order chi connectivity index (χ1) is 17.0. The zero-order chi connectivity index (χ0) is 24.4. The summed E-state index contributed by atoms with van der Waals surface area (Å²) in [6, 6.07) is 15.8. The van der Waals surface area contributed by atoms with Crippen molar-refractivity contribution in [3.05, 3.63) is 100.0 Å². The van der Waals surface area contributed by atoms with Crippen LogP contribution in [0.2, 0.25) is 5.02 Å². The maximum Gasteiger partial charge on any atom is 0.196 e. The monoisotopic (exact) mass is 488 g/mol. The molecule has 0 saturated carbocycles. The summed E-state index contributed by atoms with van der Waals surface area (Å²) in [4.78, 5) is 36.9. The number of rotatable bonds is 6. The molecule has 8 heteroatoms. The number of benzene rings is 3. The van der Waals surface area contributed by atoms with Gasteiger partial charge in [-0.25, -0.2) is 9.37 Å². The van der Waals surface area contributed by atoms with E-state index < -0.39 is 11.6 Å². The van der Waals surface area contributed by atoms with Crippen molar-refractivity contribution < 1.29 is 14.0 Å². The number of piperazine rings is 1. The fourth-order valence-corrected chi connectivity index (χ4v) is 4.25. The Balaban J connectivity index is 1.36. The number of fused-ring (bicyclic) bond motifs is 1. The van der Waals surface area contributed by atoms with Gasteiger partial charge in [0.05, 0.1) is 22.8 Å². The number of anilines is 1. The number of carbonyl (C=O) groups is 2. The minimum Gasteiger partial charge on any atom is -0.353 e. The molecule has 2 heterocycles. The fraction of sp³-hybridized carbons (Fsp3) is 0.185. The summed E-state index contributed by atoms with van der Waals surface area (Å²) < 4.78 is 14.9. The first-order valence-electron chi connectivity index (χ1n) is 11.3. The van der Waals surface area contributed by atoms with Crippen LogP contribution < -0.4 is 10.2 Å². The maximum absolute atomic E-state index is 14.9. The molecule has 0 radical (unpaired) electrons. The number of ketones is 2. The van der Waals surface area contributed by atoms with Crippen molar-refractivity contribution in [2.24, 2.45) is 0 Å². The molecule has 6 nitrogen and oxygen atoms in total. The molecule has 0 spiro atoms. The molecular weight excluding hydrogens is 467 g/mol. The largest absolute Gasteiger partial charge is 0.353 e. The molecule has 0 amide bonds. The van der Waals surface area contributed by atoms with E-state index in [0.29, 0.717) is 32.7 Å². The van der Waals surface area contributed by atoms with Crippen LogP contribution in [0.15, 0.2) is 66.9 Å². The van der Waals surface area contributed by atoms with Gasteiger partial charge in [0.1, 0.15) is 11.6 Å². The second-order valence-corrected chi connectivity index (χ2v) is 8.86. The summed E-state index contributed by atoms with van der Waals surface area (Å²) in [6.07, 6.45) is 1.76. The predicted molar refractivity (Wildman–Crippen MR) is 134 cm³/mol. The zero-order valence-electron chi connectivity index (χ0n) is 18.8. The van der Waals surface area contributed by atoms with Crippen LogP contribution in [0.1, 0.15) is 31.8 Å². The number of nitrogens with one attached hydrogen (secondary N) is 1. The summed E-state index contributed by atoms with van der Waals surface area (Å²) in [5.74, 6) is -0.524. The van der Waals surface area contributed by atoms with Gasteiger partial charge in [0, 0.05) is 48.7 Å². The number of carbonyl (C=O) groups excluding carboxylic acids is 2. The number of nitrogens with zero attached hydrogens (tertiary/aromatic N) is 3. The van der Waals surface area contributed by atoms with E-state index in [1.165, 1.54) is 12.1 Å². The molecule has 1 aliphatic heterocycles. The molecule has 5 rings (SSSR count). The second kappa shape index (κ2) is 9.90. The maximum atomic E-state index is 14.9. The Hall–Kier alpha value is -3.68. The molecule has 0 unspecified atom stereocenters. The quantitative estimate of drug-likeness (QED) is 0.403. The number of aromatic nitrogens is 2. The third kappa shape index (κ3) is 5.06. The molecule has 0 atom stereocenters. The van der Waals surface area contributed by atoms with Crippen molar-refractivity contribution in [2.45, 2.75) is 6.42 Å². The highest BCUT2D eigenvalue weighted by molar-refractivity contribution is 6.30. The lowest BCUT2D eigenvalue weighted by Crippen LogP contribution is -2.43. The molecule has 1 aliphatic rings. The number of Topliss-reactive ketones (excluding diaryl/α,β-unsaturated/α-hetero) is 1. The van der Waals surface area contributed by atoms with Gasteiger partial charge in [-0.2, -0.15) is 0 Å². The summed E-state index contributed by atoms with van der Waals surface area (Å²) >= 11 is 5.87. The van der Waals surface area contributed by atoms with Crippen LogP contribution >= 0.6 is 11.6 Å². The van der Waals surface area contributed by atoms with E-state index >= 15 is 0 Å². The van der Waals surface area contributed by atoms with Crippen LogP contribution in [0, 0.1) is 5.82 Å². The first kappa shape index (κ1) is 23.1. The summed E-state index contributed by atoms with van der Waals surface area (Å²) in [5, 5.41) is 3.84. The topological polar surface area (TPSA) is 75.2 Å². The Morgan fingerprint density at radius 1 is 0.943 bits per heavy atom. The number of hydrogen-bond donors (Lipinski definition) is 1. The highest BCUT2D eigenvalue weighted by atomic mass is 35.5. The van der Waals surface area contributed by atoms with Crippen molar-refractivity contribution in [1.82, 2.24) is 15.3 Å². The Morgan fingerprint density at radius 2 is 1.69 bits per heavy atom. The van der Waals surface area contributed by atoms with Gasteiger partial charge in [0.2, 0.25) is 0 Å².